The molecular weight excluding hydrogens is 268 g/mol. The molecule has 1 aliphatic heterocycles. The van der Waals surface area contributed by atoms with Crippen molar-refractivity contribution in [1.29, 1.82) is 0 Å². The molecule has 1 aromatic rings. The number of hydrogen-bond donors (Lipinski definition) is 1. The van der Waals surface area contributed by atoms with Gasteiger partial charge in [0.25, 0.3) is 0 Å². The second-order valence-electron chi connectivity index (χ2n) is 4.26. The van der Waals surface area contributed by atoms with Crippen molar-refractivity contribution >= 4 is 40.7 Å². The van der Waals surface area contributed by atoms with Gasteiger partial charge in [0.1, 0.15) is 4.64 Å². The quantitative estimate of drug-likeness (QED) is 0.865. The van der Waals surface area contributed by atoms with Crippen LogP contribution in [0.25, 0.3) is 0 Å². The summed E-state index contributed by atoms with van der Waals surface area (Å²) in [5.41, 5.74) is 0.757. The predicted octanol–water partition coefficient (Wildman–Crippen LogP) is 2.38. The highest BCUT2D eigenvalue weighted by molar-refractivity contribution is 8.13. The lowest BCUT2D eigenvalue weighted by Crippen LogP contribution is -2.25. The number of amides is 1. The Kier molecular flexibility index (Phi) is 4.19. The van der Waals surface area contributed by atoms with Crippen LogP contribution >= 0.6 is 24.0 Å². The molecule has 18 heavy (non-hydrogen) atoms. The summed E-state index contributed by atoms with van der Waals surface area (Å²) in [7, 11) is 0. The standard InChI is InChI=1S/C12H14N2O2S2/c1-8(15)18-7-9-5-11(16)14(6-9)10-3-2-4-13-12(10)17/h2-4,9H,5-7H2,1H3,(H,13,17). The van der Waals surface area contributed by atoms with E-state index in [0.29, 0.717) is 23.4 Å². The molecule has 96 valence electrons. The summed E-state index contributed by atoms with van der Waals surface area (Å²) in [4.78, 5) is 27.5. The van der Waals surface area contributed by atoms with E-state index < -0.39 is 0 Å². The molecule has 0 radical (unpaired) electrons. The van der Waals surface area contributed by atoms with E-state index in [9.17, 15) is 9.59 Å². The Hall–Kier alpha value is -1.14. The third-order valence-electron chi connectivity index (χ3n) is 2.82. The van der Waals surface area contributed by atoms with E-state index in [4.69, 9.17) is 12.2 Å². The van der Waals surface area contributed by atoms with Crippen molar-refractivity contribution in [2.75, 3.05) is 17.2 Å². The minimum absolute atomic E-state index is 0.0786. The van der Waals surface area contributed by atoms with E-state index >= 15 is 0 Å². The average Bonchev–Trinajstić information content (AvgIpc) is 2.69. The molecule has 1 amide bonds. The summed E-state index contributed by atoms with van der Waals surface area (Å²) in [6, 6.07) is 3.67. The third-order valence-corrected chi connectivity index (χ3v) is 4.19. The average molecular weight is 282 g/mol. The molecular formula is C12H14N2O2S2. The predicted molar refractivity (Wildman–Crippen MR) is 75.2 cm³/mol. The lowest BCUT2D eigenvalue weighted by atomic mass is 10.1. The molecule has 0 aromatic carbocycles. The Morgan fingerprint density at radius 3 is 3.11 bits per heavy atom. The van der Waals surface area contributed by atoms with E-state index in [0.717, 1.165) is 5.69 Å². The van der Waals surface area contributed by atoms with Crippen LogP contribution in [0.1, 0.15) is 13.3 Å². The minimum atomic E-state index is 0.0786. The number of aromatic amines is 1. The number of H-pyrrole nitrogens is 1. The van der Waals surface area contributed by atoms with E-state index in [-0.39, 0.29) is 16.9 Å². The molecule has 2 heterocycles. The normalized spacial score (nSPS) is 19.3. The number of nitrogens with one attached hydrogen (secondary N) is 1. The van der Waals surface area contributed by atoms with Gasteiger partial charge in [0, 0.05) is 31.8 Å². The number of aromatic nitrogens is 1. The Bertz CT molecular complexity index is 527. The molecule has 0 saturated carbocycles. The zero-order valence-corrected chi connectivity index (χ0v) is 11.6. The number of anilines is 1. The van der Waals surface area contributed by atoms with Crippen molar-refractivity contribution < 1.29 is 9.59 Å². The highest BCUT2D eigenvalue weighted by Crippen LogP contribution is 2.27. The summed E-state index contributed by atoms with van der Waals surface area (Å²) in [5, 5.41) is 0.0953. The molecule has 1 saturated heterocycles. The van der Waals surface area contributed by atoms with Crippen LogP contribution < -0.4 is 4.90 Å². The van der Waals surface area contributed by atoms with Crippen molar-refractivity contribution in [3.05, 3.63) is 23.0 Å². The van der Waals surface area contributed by atoms with Crippen molar-refractivity contribution in [3.63, 3.8) is 0 Å². The first-order chi connectivity index (χ1) is 8.58. The van der Waals surface area contributed by atoms with E-state index in [1.54, 1.807) is 18.0 Å². The van der Waals surface area contributed by atoms with Crippen molar-refractivity contribution in [2.45, 2.75) is 13.3 Å². The summed E-state index contributed by atoms with van der Waals surface area (Å²) in [6.07, 6.45) is 2.24. The maximum atomic E-state index is 12.0. The van der Waals surface area contributed by atoms with Crippen LogP contribution in [-0.2, 0) is 9.59 Å². The molecule has 2 rings (SSSR count). The van der Waals surface area contributed by atoms with Crippen LogP contribution in [0.4, 0.5) is 5.69 Å². The second-order valence-corrected chi connectivity index (χ2v) is 5.87. The fraction of sp³-hybridized carbons (Fsp3) is 0.417. The second kappa shape index (κ2) is 5.67. The molecule has 4 nitrogen and oxygen atoms in total. The third kappa shape index (κ3) is 3.00. The Balaban J connectivity index is 2.08. The zero-order valence-electron chi connectivity index (χ0n) is 10.0. The van der Waals surface area contributed by atoms with Gasteiger partial charge in [0.15, 0.2) is 5.12 Å². The van der Waals surface area contributed by atoms with Crippen LogP contribution in [-0.4, -0.2) is 28.3 Å². The lowest BCUT2D eigenvalue weighted by Gasteiger charge is -2.16. The van der Waals surface area contributed by atoms with E-state index in [1.807, 2.05) is 12.1 Å². The van der Waals surface area contributed by atoms with Gasteiger partial charge in [0.05, 0.1) is 5.69 Å². The fourth-order valence-corrected chi connectivity index (χ4v) is 2.93. The molecule has 1 N–H and O–H groups in total. The summed E-state index contributed by atoms with van der Waals surface area (Å²) >= 11 is 6.46. The van der Waals surface area contributed by atoms with Crippen LogP contribution in [0.15, 0.2) is 18.3 Å². The molecule has 1 aromatic heterocycles. The van der Waals surface area contributed by atoms with Gasteiger partial charge in [-0.15, -0.1) is 0 Å². The molecule has 1 aliphatic rings. The smallest absolute Gasteiger partial charge is 0.227 e. The maximum Gasteiger partial charge on any atom is 0.227 e. The first-order valence-electron chi connectivity index (χ1n) is 5.69. The number of nitrogens with zero attached hydrogens (tertiary/aromatic N) is 1. The molecule has 0 aliphatic carbocycles. The van der Waals surface area contributed by atoms with Crippen molar-refractivity contribution in [2.24, 2.45) is 5.92 Å². The summed E-state index contributed by atoms with van der Waals surface area (Å²) in [5.74, 6) is 0.997. The molecule has 0 bridgehead atoms. The monoisotopic (exact) mass is 282 g/mol. The molecule has 1 atom stereocenters. The largest absolute Gasteiger partial charge is 0.351 e. The maximum absolute atomic E-state index is 12.0. The van der Waals surface area contributed by atoms with Gasteiger partial charge in [-0.25, -0.2) is 0 Å². The number of rotatable bonds is 3. The van der Waals surface area contributed by atoms with Gasteiger partial charge in [-0.2, -0.15) is 0 Å². The first kappa shape index (κ1) is 13.3. The van der Waals surface area contributed by atoms with E-state index in [1.165, 1.54) is 11.8 Å². The Morgan fingerprint density at radius 2 is 2.44 bits per heavy atom. The summed E-state index contributed by atoms with van der Waals surface area (Å²) < 4.78 is 0.575. The Morgan fingerprint density at radius 1 is 1.67 bits per heavy atom. The van der Waals surface area contributed by atoms with Gasteiger partial charge in [-0.05, 0) is 18.1 Å². The number of carbonyl (C=O) groups is 2. The molecule has 1 unspecified atom stereocenters. The number of pyridine rings is 1. The lowest BCUT2D eigenvalue weighted by molar-refractivity contribution is -0.117. The van der Waals surface area contributed by atoms with Crippen molar-refractivity contribution in [3.8, 4) is 0 Å². The van der Waals surface area contributed by atoms with Crippen LogP contribution in [0.3, 0.4) is 0 Å². The fourth-order valence-electron chi connectivity index (χ4n) is 1.99. The molecule has 6 heteroatoms. The molecule has 0 spiro atoms. The number of carbonyl (C=O) groups excluding carboxylic acids is 2. The minimum Gasteiger partial charge on any atom is -0.351 e. The Labute approximate surface area is 115 Å². The number of hydrogen-bond acceptors (Lipinski definition) is 4. The molecule has 1 fully saturated rings. The van der Waals surface area contributed by atoms with Crippen LogP contribution in [0.5, 0.6) is 0 Å². The zero-order chi connectivity index (χ0) is 13.1. The van der Waals surface area contributed by atoms with Crippen LogP contribution in [0.2, 0.25) is 0 Å². The van der Waals surface area contributed by atoms with E-state index in [2.05, 4.69) is 4.98 Å². The highest BCUT2D eigenvalue weighted by atomic mass is 32.2. The SMILES string of the molecule is CC(=O)SCC1CC(=O)N(c2ccc[nH]c2=S)C1. The van der Waals surface area contributed by atoms with Gasteiger partial charge in [0.2, 0.25) is 5.91 Å². The van der Waals surface area contributed by atoms with Crippen molar-refractivity contribution in [1.82, 2.24) is 4.98 Å². The van der Waals surface area contributed by atoms with Gasteiger partial charge in [-0.1, -0.05) is 24.0 Å². The first-order valence-corrected chi connectivity index (χ1v) is 7.08. The topological polar surface area (TPSA) is 53.2 Å². The van der Waals surface area contributed by atoms with Gasteiger partial charge < -0.3 is 9.88 Å². The van der Waals surface area contributed by atoms with Gasteiger partial charge in [-0.3, -0.25) is 9.59 Å². The van der Waals surface area contributed by atoms with Crippen LogP contribution in [0, 0.1) is 10.6 Å². The van der Waals surface area contributed by atoms with Gasteiger partial charge >= 0.3 is 0 Å². The highest BCUT2D eigenvalue weighted by Gasteiger charge is 2.31. The number of thioether (sulfide) groups is 1. The summed E-state index contributed by atoms with van der Waals surface area (Å²) in [6.45, 7) is 2.19.